The molecule has 1 unspecified atom stereocenters. The standard InChI is InChI=1S/C16H14F5N3O2/c1-15(26,16(19,20)21)14(25)23-5-4-12-9(7-23)8-24(22-12)13-3-2-10(17)6-11(13)18/h2-3,6,8,26H,4-5,7H2,1H3. The molecule has 0 fully saturated rings. The molecule has 1 aromatic carbocycles. The number of hydrogen-bond donors (Lipinski definition) is 1. The molecule has 1 aromatic heterocycles. The van der Waals surface area contributed by atoms with E-state index in [4.69, 9.17) is 0 Å². The summed E-state index contributed by atoms with van der Waals surface area (Å²) in [6.45, 7) is 0.131. The van der Waals surface area contributed by atoms with E-state index >= 15 is 0 Å². The molecular formula is C16H14F5N3O2. The lowest BCUT2D eigenvalue weighted by Crippen LogP contribution is -2.56. The summed E-state index contributed by atoms with van der Waals surface area (Å²) >= 11 is 0. The Balaban J connectivity index is 1.86. The van der Waals surface area contributed by atoms with E-state index in [0.29, 0.717) is 24.2 Å². The van der Waals surface area contributed by atoms with Crippen molar-refractivity contribution in [3.05, 3.63) is 47.3 Å². The highest BCUT2D eigenvalue weighted by Crippen LogP contribution is 2.33. The van der Waals surface area contributed by atoms with Gasteiger partial charge >= 0.3 is 6.18 Å². The normalized spacial score (nSPS) is 17.0. The van der Waals surface area contributed by atoms with Crippen molar-refractivity contribution in [3.8, 4) is 5.69 Å². The molecular weight excluding hydrogens is 361 g/mol. The van der Waals surface area contributed by atoms with Gasteiger partial charge in [0.2, 0.25) is 5.60 Å². The van der Waals surface area contributed by atoms with Crippen molar-refractivity contribution in [2.45, 2.75) is 31.7 Å². The molecule has 140 valence electrons. The van der Waals surface area contributed by atoms with Crippen molar-refractivity contribution in [2.24, 2.45) is 0 Å². The van der Waals surface area contributed by atoms with E-state index in [1.807, 2.05) is 0 Å². The van der Waals surface area contributed by atoms with Crippen LogP contribution < -0.4 is 0 Å². The lowest BCUT2D eigenvalue weighted by Gasteiger charge is -2.33. The van der Waals surface area contributed by atoms with Gasteiger partial charge in [0.25, 0.3) is 5.91 Å². The van der Waals surface area contributed by atoms with E-state index in [-0.39, 0.29) is 25.2 Å². The highest BCUT2D eigenvalue weighted by Gasteiger charge is 2.57. The molecule has 0 radical (unpaired) electrons. The quantitative estimate of drug-likeness (QED) is 0.820. The first-order valence-corrected chi connectivity index (χ1v) is 7.62. The first-order valence-electron chi connectivity index (χ1n) is 7.62. The van der Waals surface area contributed by atoms with E-state index in [0.717, 1.165) is 15.6 Å². The second kappa shape index (κ2) is 6.04. The lowest BCUT2D eigenvalue weighted by molar-refractivity contribution is -0.250. The number of aromatic nitrogens is 2. The zero-order chi connectivity index (χ0) is 19.3. The number of aliphatic hydroxyl groups is 1. The van der Waals surface area contributed by atoms with Gasteiger partial charge in [-0.05, 0) is 19.1 Å². The largest absolute Gasteiger partial charge is 0.426 e. The van der Waals surface area contributed by atoms with E-state index in [9.17, 15) is 31.9 Å². The fraction of sp³-hybridized carbons (Fsp3) is 0.375. The van der Waals surface area contributed by atoms with Gasteiger partial charge in [0, 0.05) is 37.3 Å². The zero-order valence-electron chi connectivity index (χ0n) is 13.5. The van der Waals surface area contributed by atoms with Crippen LogP contribution in [0.15, 0.2) is 24.4 Å². The minimum atomic E-state index is -5.11. The summed E-state index contributed by atoms with van der Waals surface area (Å²) < 4.78 is 66.6. The first kappa shape index (κ1) is 18.3. The van der Waals surface area contributed by atoms with Gasteiger partial charge in [-0.1, -0.05) is 0 Å². The van der Waals surface area contributed by atoms with Crippen molar-refractivity contribution >= 4 is 5.91 Å². The Bertz CT molecular complexity index is 860. The van der Waals surface area contributed by atoms with Crippen LogP contribution in [0.4, 0.5) is 22.0 Å². The van der Waals surface area contributed by atoms with E-state index in [2.05, 4.69) is 5.10 Å². The van der Waals surface area contributed by atoms with Crippen molar-refractivity contribution in [3.63, 3.8) is 0 Å². The van der Waals surface area contributed by atoms with Gasteiger partial charge < -0.3 is 10.0 Å². The summed E-state index contributed by atoms with van der Waals surface area (Å²) in [7, 11) is 0. The fourth-order valence-electron chi connectivity index (χ4n) is 2.71. The number of nitrogens with zero attached hydrogens (tertiary/aromatic N) is 3. The molecule has 2 aromatic rings. The van der Waals surface area contributed by atoms with Crippen LogP contribution in [0.2, 0.25) is 0 Å². The molecule has 5 nitrogen and oxygen atoms in total. The van der Waals surface area contributed by atoms with Crippen LogP contribution in [-0.4, -0.2) is 44.0 Å². The zero-order valence-corrected chi connectivity index (χ0v) is 13.5. The number of carbonyl (C=O) groups excluding carboxylic acids is 1. The SMILES string of the molecule is CC(O)(C(=O)N1CCc2nn(-c3ccc(F)cc3F)cc2C1)C(F)(F)F. The Labute approximate surface area is 144 Å². The van der Waals surface area contributed by atoms with Crippen molar-refractivity contribution < 1.29 is 31.9 Å². The van der Waals surface area contributed by atoms with Gasteiger partial charge in [0.15, 0.2) is 5.82 Å². The predicted molar refractivity (Wildman–Crippen MR) is 79.3 cm³/mol. The number of benzene rings is 1. The molecule has 0 aliphatic carbocycles. The van der Waals surface area contributed by atoms with Crippen LogP contribution in [0.25, 0.3) is 5.69 Å². The number of fused-ring (bicyclic) bond motifs is 1. The highest BCUT2D eigenvalue weighted by molar-refractivity contribution is 5.85. The van der Waals surface area contributed by atoms with E-state index in [1.54, 1.807) is 0 Å². The molecule has 26 heavy (non-hydrogen) atoms. The van der Waals surface area contributed by atoms with Crippen LogP contribution in [0, 0.1) is 11.6 Å². The van der Waals surface area contributed by atoms with Crippen LogP contribution in [0.3, 0.4) is 0 Å². The molecule has 0 saturated heterocycles. The molecule has 1 amide bonds. The van der Waals surface area contributed by atoms with Gasteiger partial charge in [-0.3, -0.25) is 4.79 Å². The minimum absolute atomic E-state index is 0.0269. The molecule has 0 saturated carbocycles. The maximum Gasteiger partial charge on any atom is 0.426 e. The Morgan fingerprint density at radius 1 is 1.27 bits per heavy atom. The molecule has 3 rings (SSSR count). The fourth-order valence-corrected chi connectivity index (χ4v) is 2.71. The van der Waals surface area contributed by atoms with Gasteiger partial charge in [-0.25, -0.2) is 13.5 Å². The highest BCUT2D eigenvalue weighted by atomic mass is 19.4. The van der Waals surface area contributed by atoms with Gasteiger partial charge in [-0.15, -0.1) is 0 Å². The predicted octanol–water partition coefficient (Wildman–Crippen LogP) is 2.35. The minimum Gasteiger partial charge on any atom is -0.373 e. The van der Waals surface area contributed by atoms with Crippen LogP contribution in [0.1, 0.15) is 18.2 Å². The second-order valence-electron chi connectivity index (χ2n) is 6.19. The smallest absolute Gasteiger partial charge is 0.373 e. The Morgan fingerprint density at radius 2 is 1.96 bits per heavy atom. The van der Waals surface area contributed by atoms with Crippen LogP contribution in [-0.2, 0) is 17.8 Å². The topological polar surface area (TPSA) is 58.4 Å². The second-order valence-corrected chi connectivity index (χ2v) is 6.19. The number of alkyl halides is 3. The summed E-state index contributed by atoms with van der Waals surface area (Å²) in [5, 5.41) is 13.7. The molecule has 1 aliphatic rings. The maximum absolute atomic E-state index is 13.9. The van der Waals surface area contributed by atoms with Crippen molar-refractivity contribution in [1.29, 1.82) is 0 Å². The molecule has 0 bridgehead atoms. The molecule has 1 aliphatic heterocycles. The summed E-state index contributed by atoms with van der Waals surface area (Å²) in [5.41, 5.74) is -2.61. The van der Waals surface area contributed by atoms with Crippen LogP contribution in [0.5, 0.6) is 0 Å². The summed E-state index contributed by atoms with van der Waals surface area (Å²) in [5.74, 6) is -3.07. The van der Waals surface area contributed by atoms with Crippen LogP contribution >= 0.6 is 0 Å². The number of halogens is 5. The third-order valence-electron chi connectivity index (χ3n) is 4.27. The molecule has 10 heteroatoms. The number of carbonyl (C=O) groups is 1. The van der Waals surface area contributed by atoms with Gasteiger partial charge in [-0.2, -0.15) is 18.3 Å². The third-order valence-corrected chi connectivity index (χ3v) is 4.27. The summed E-state index contributed by atoms with van der Waals surface area (Å²) in [4.78, 5) is 12.9. The monoisotopic (exact) mass is 375 g/mol. The first-order chi connectivity index (χ1) is 12.0. The molecule has 1 atom stereocenters. The Hall–Kier alpha value is -2.49. The maximum atomic E-state index is 13.9. The number of rotatable bonds is 2. The average Bonchev–Trinajstić information content (AvgIpc) is 2.95. The van der Waals surface area contributed by atoms with Gasteiger partial charge in [0.05, 0.1) is 5.69 Å². The third kappa shape index (κ3) is 3.05. The lowest BCUT2D eigenvalue weighted by atomic mass is 10.0. The summed E-state index contributed by atoms with van der Waals surface area (Å²) in [6.07, 6.45) is -3.59. The average molecular weight is 375 g/mol. The molecule has 2 heterocycles. The van der Waals surface area contributed by atoms with Gasteiger partial charge in [0.1, 0.15) is 11.5 Å². The number of amides is 1. The van der Waals surface area contributed by atoms with Crippen molar-refractivity contribution in [1.82, 2.24) is 14.7 Å². The Morgan fingerprint density at radius 3 is 2.58 bits per heavy atom. The van der Waals surface area contributed by atoms with Crippen molar-refractivity contribution in [2.75, 3.05) is 6.54 Å². The van der Waals surface area contributed by atoms with E-state index < -0.39 is 29.3 Å². The Kier molecular flexibility index (Phi) is 4.26. The summed E-state index contributed by atoms with van der Waals surface area (Å²) in [6, 6.07) is 2.92. The van der Waals surface area contributed by atoms with E-state index in [1.165, 1.54) is 12.3 Å². The number of hydrogen-bond acceptors (Lipinski definition) is 3. The molecule has 1 N–H and O–H groups in total. The molecule has 0 spiro atoms.